The van der Waals surface area contributed by atoms with Crippen molar-refractivity contribution >= 4 is 33.2 Å². The van der Waals surface area contributed by atoms with Gasteiger partial charge in [-0.1, -0.05) is 24.3 Å². The molecule has 260 valence electrons. The molecule has 1 N–H and O–H groups in total. The van der Waals surface area contributed by atoms with Gasteiger partial charge in [0.1, 0.15) is 18.1 Å². The summed E-state index contributed by atoms with van der Waals surface area (Å²) in [6, 6.07) is 21.2. The fourth-order valence-electron chi connectivity index (χ4n) is 5.63. The van der Waals surface area contributed by atoms with Crippen molar-refractivity contribution in [3.05, 3.63) is 95.9 Å². The predicted octanol–water partition coefficient (Wildman–Crippen LogP) is 6.09. The number of fused-ring (bicyclic) bond motifs is 1. The first-order chi connectivity index (χ1) is 24.4. The minimum absolute atomic E-state index is 0.00911. The van der Waals surface area contributed by atoms with Gasteiger partial charge in [0.2, 0.25) is 5.78 Å². The third-order valence-corrected chi connectivity index (χ3v) is 9.49. The third kappa shape index (κ3) is 8.57. The summed E-state index contributed by atoms with van der Waals surface area (Å²) in [5.41, 5.74) is 2.90. The van der Waals surface area contributed by atoms with E-state index in [0.29, 0.717) is 47.1 Å². The molecule has 0 unspecified atom stereocenters. The van der Waals surface area contributed by atoms with Gasteiger partial charge < -0.3 is 29.0 Å². The van der Waals surface area contributed by atoms with Gasteiger partial charge in [0.25, 0.3) is 5.91 Å². The van der Waals surface area contributed by atoms with Gasteiger partial charge in [-0.05, 0) is 65.6 Å². The molecule has 0 bridgehead atoms. The van der Waals surface area contributed by atoms with Crippen LogP contribution in [0.4, 0.5) is 4.39 Å². The highest BCUT2D eigenvalue weighted by atomic mass is 32.1. The molecule has 1 saturated heterocycles. The molecular formula is C38H38FN3O7S. The number of thiophene rings is 1. The molecule has 50 heavy (non-hydrogen) atoms. The Labute approximate surface area is 293 Å². The molecule has 12 heteroatoms. The number of carbonyl (C=O) groups is 2. The fourth-order valence-corrected chi connectivity index (χ4v) is 6.69. The summed E-state index contributed by atoms with van der Waals surface area (Å²) in [5, 5.41) is 2.63. The molecule has 10 nitrogen and oxygen atoms in total. The second kappa shape index (κ2) is 16.6. The zero-order valence-corrected chi connectivity index (χ0v) is 28.7. The monoisotopic (exact) mass is 699 g/mol. The molecule has 1 fully saturated rings. The Morgan fingerprint density at radius 1 is 0.920 bits per heavy atom. The molecule has 0 radical (unpaired) electrons. The Morgan fingerprint density at radius 2 is 1.72 bits per heavy atom. The number of pyridine rings is 1. The number of nitrogens with zero attached hydrogens (tertiary/aromatic N) is 2. The number of morpholine rings is 1. The lowest BCUT2D eigenvalue weighted by atomic mass is 10.1. The van der Waals surface area contributed by atoms with Crippen LogP contribution in [0.1, 0.15) is 11.1 Å². The number of hydrogen-bond acceptors (Lipinski definition) is 10. The van der Waals surface area contributed by atoms with E-state index in [1.807, 2.05) is 48.5 Å². The number of benzene rings is 3. The van der Waals surface area contributed by atoms with Crippen LogP contribution in [0, 0.1) is 5.82 Å². The summed E-state index contributed by atoms with van der Waals surface area (Å²) in [6.45, 7) is 4.90. The van der Waals surface area contributed by atoms with E-state index < -0.39 is 17.5 Å². The highest BCUT2D eigenvalue weighted by molar-refractivity contribution is 7.22. The number of aromatic nitrogens is 1. The average Bonchev–Trinajstić information content (AvgIpc) is 3.59. The Balaban J connectivity index is 1.07. The molecule has 1 amide bonds. The summed E-state index contributed by atoms with van der Waals surface area (Å²) in [4.78, 5) is 32.7. The first-order valence-electron chi connectivity index (χ1n) is 16.3. The van der Waals surface area contributed by atoms with E-state index in [0.717, 1.165) is 53.6 Å². The molecule has 3 aromatic carbocycles. The van der Waals surface area contributed by atoms with Crippen molar-refractivity contribution in [2.24, 2.45) is 0 Å². The summed E-state index contributed by atoms with van der Waals surface area (Å²) in [7, 11) is 3.19. The number of methoxy groups -OCH3 is 2. The Hall–Kier alpha value is -5.04. The maximum Gasteiger partial charge on any atom is 0.287 e. The normalized spacial score (nSPS) is 13.2. The van der Waals surface area contributed by atoms with E-state index in [2.05, 4.69) is 15.2 Å². The number of halogens is 1. The molecule has 2 aromatic heterocycles. The first kappa shape index (κ1) is 34.8. The van der Waals surface area contributed by atoms with Crippen molar-refractivity contribution in [1.82, 2.24) is 15.2 Å². The smallest absolute Gasteiger partial charge is 0.287 e. The standard InChI is InChI=1S/C38H38FN3O7S/c1-45-31-6-4-3-5-26(31)11-13-41-38(44)30(43)22-25-7-9-32(28(39)21-25)49-34-12-14-40-29-24-36(50-37(29)34)27-8-10-33(35(23-27)46-2)48-20-17-42-15-18-47-19-16-42/h3-10,12,14,21,23-24H,11,13,15-20,22H2,1-2H3,(H,41,44). The second-order valence-electron chi connectivity index (χ2n) is 11.6. The van der Waals surface area contributed by atoms with E-state index in [-0.39, 0.29) is 18.7 Å². The molecule has 0 spiro atoms. The summed E-state index contributed by atoms with van der Waals surface area (Å²) in [5.74, 6) is 0.396. The molecular weight excluding hydrogens is 661 g/mol. The number of carbonyl (C=O) groups excluding carboxylic acids is 2. The fraction of sp³-hybridized carbons (Fsp3) is 0.289. The van der Waals surface area contributed by atoms with Crippen molar-refractivity contribution in [3.63, 3.8) is 0 Å². The molecule has 6 rings (SSSR count). The van der Waals surface area contributed by atoms with Gasteiger partial charge in [0, 0.05) is 49.7 Å². The van der Waals surface area contributed by atoms with Crippen molar-refractivity contribution in [2.75, 3.05) is 60.2 Å². The van der Waals surface area contributed by atoms with Gasteiger partial charge in [0.05, 0.1) is 37.6 Å². The number of nitrogens with one attached hydrogen (secondary N) is 1. The number of ketones is 1. The van der Waals surface area contributed by atoms with Crippen LogP contribution in [-0.2, 0) is 27.2 Å². The zero-order valence-electron chi connectivity index (χ0n) is 27.9. The first-order valence-corrected chi connectivity index (χ1v) is 17.1. The van der Waals surface area contributed by atoms with Gasteiger partial charge in [0.15, 0.2) is 23.1 Å². The van der Waals surface area contributed by atoms with Crippen LogP contribution in [0.5, 0.6) is 28.7 Å². The molecule has 5 aromatic rings. The van der Waals surface area contributed by atoms with Crippen LogP contribution < -0.4 is 24.3 Å². The number of ether oxygens (including phenoxy) is 5. The average molecular weight is 700 g/mol. The largest absolute Gasteiger partial charge is 0.496 e. The van der Waals surface area contributed by atoms with E-state index >= 15 is 4.39 Å². The quantitative estimate of drug-likeness (QED) is 0.130. The van der Waals surface area contributed by atoms with E-state index in [1.165, 1.54) is 23.5 Å². The number of para-hydroxylation sites is 1. The predicted molar refractivity (Wildman–Crippen MR) is 189 cm³/mol. The third-order valence-electron chi connectivity index (χ3n) is 8.30. The highest BCUT2D eigenvalue weighted by Crippen LogP contribution is 2.41. The Bertz CT molecular complexity index is 1960. The summed E-state index contributed by atoms with van der Waals surface area (Å²) in [6.07, 6.45) is 1.87. The van der Waals surface area contributed by atoms with Crippen LogP contribution in [0.25, 0.3) is 20.7 Å². The number of Topliss-reactive ketones (excluding diaryl/α,β-unsaturated/α-hetero) is 1. The highest BCUT2D eigenvalue weighted by Gasteiger charge is 2.18. The molecule has 0 atom stereocenters. The lowest BCUT2D eigenvalue weighted by molar-refractivity contribution is -0.137. The zero-order chi connectivity index (χ0) is 34.9. The summed E-state index contributed by atoms with van der Waals surface area (Å²) < 4.78 is 44.4. The van der Waals surface area contributed by atoms with E-state index in [4.69, 9.17) is 23.7 Å². The number of amides is 1. The van der Waals surface area contributed by atoms with Gasteiger partial charge in [-0.15, -0.1) is 11.3 Å². The van der Waals surface area contributed by atoms with Crippen LogP contribution >= 0.6 is 11.3 Å². The van der Waals surface area contributed by atoms with Gasteiger partial charge in [-0.3, -0.25) is 19.5 Å². The number of hydrogen-bond donors (Lipinski definition) is 1. The number of rotatable bonds is 15. The molecule has 0 saturated carbocycles. The van der Waals surface area contributed by atoms with Crippen molar-refractivity contribution in [1.29, 1.82) is 0 Å². The summed E-state index contributed by atoms with van der Waals surface area (Å²) >= 11 is 1.46. The van der Waals surface area contributed by atoms with Crippen LogP contribution in [0.3, 0.4) is 0 Å². The lowest BCUT2D eigenvalue weighted by Gasteiger charge is -2.26. The van der Waals surface area contributed by atoms with Gasteiger partial charge in [-0.2, -0.15) is 0 Å². The maximum atomic E-state index is 15.2. The van der Waals surface area contributed by atoms with Crippen molar-refractivity contribution in [2.45, 2.75) is 12.8 Å². The SMILES string of the molecule is COc1ccccc1CCNC(=O)C(=O)Cc1ccc(Oc2ccnc3cc(-c4ccc(OCCN5CCOCC5)c(OC)c4)sc23)c(F)c1. The van der Waals surface area contributed by atoms with Gasteiger partial charge in [-0.25, -0.2) is 4.39 Å². The minimum atomic E-state index is -0.725. The molecule has 1 aliphatic heterocycles. The van der Waals surface area contributed by atoms with Crippen LogP contribution in [-0.4, -0.2) is 81.8 Å². The van der Waals surface area contributed by atoms with Crippen LogP contribution in [0.15, 0.2) is 79.0 Å². The second-order valence-corrected chi connectivity index (χ2v) is 12.6. The maximum absolute atomic E-state index is 15.2. The van der Waals surface area contributed by atoms with E-state index in [1.54, 1.807) is 32.5 Å². The molecule has 0 aliphatic carbocycles. The molecule has 1 aliphatic rings. The Kier molecular flexibility index (Phi) is 11.5. The Morgan fingerprint density at radius 3 is 2.52 bits per heavy atom. The van der Waals surface area contributed by atoms with Crippen molar-refractivity contribution < 1.29 is 37.7 Å². The molecule has 3 heterocycles. The van der Waals surface area contributed by atoms with Gasteiger partial charge >= 0.3 is 0 Å². The lowest BCUT2D eigenvalue weighted by Crippen LogP contribution is -2.38. The topological polar surface area (TPSA) is 108 Å². The minimum Gasteiger partial charge on any atom is -0.496 e. The van der Waals surface area contributed by atoms with Crippen LogP contribution in [0.2, 0.25) is 0 Å². The van der Waals surface area contributed by atoms with E-state index in [9.17, 15) is 9.59 Å². The van der Waals surface area contributed by atoms with Crippen molar-refractivity contribution in [3.8, 4) is 39.2 Å².